The van der Waals surface area contributed by atoms with Crippen molar-refractivity contribution in [1.29, 1.82) is 0 Å². The third kappa shape index (κ3) is 6.01. The molecule has 9 heteroatoms. The van der Waals surface area contributed by atoms with Gasteiger partial charge in [-0.3, -0.25) is 9.59 Å². The van der Waals surface area contributed by atoms with E-state index in [-0.39, 0.29) is 13.2 Å². The Hall–Kier alpha value is -1.09. The minimum Gasteiger partial charge on any atom is -0.465 e. The molecule has 0 N–H and O–H groups in total. The van der Waals surface area contributed by atoms with Crippen LogP contribution in [0, 0.1) is 5.92 Å². The van der Waals surface area contributed by atoms with Crippen LogP contribution < -0.4 is 0 Å². The van der Waals surface area contributed by atoms with E-state index in [1.165, 1.54) is 0 Å². The van der Waals surface area contributed by atoms with Gasteiger partial charge in [0.25, 0.3) is 0 Å². The molecule has 0 saturated heterocycles. The number of hydrogen-bond donors (Lipinski definition) is 2. The van der Waals surface area contributed by atoms with Gasteiger partial charge in [-0.25, -0.2) is 4.79 Å². The van der Waals surface area contributed by atoms with Gasteiger partial charge in [-0.2, -0.15) is 3.71 Å². The summed E-state index contributed by atoms with van der Waals surface area (Å²) >= 11 is 7.14. The number of esters is 2. The number of ether oxygens (including phenoxy) is 3. The van der Waals surface area contributed by atoms with E-state index in [9.17, 15) is 14.4 Å². The molecule has 0 spiro atoms. The molecule has 0 atom stereocenters. The molecule has 7 nitrogen and oxygen atoms in total. The molecule has 0 saturated carbocycles. The Morgan fingerprint density at radius 1 is 1.00 bits per heavy atom. The minimum absolute atomic E-state index is 0.105. The first-order valence-electron chi connectivity index (χ1n) is 5.11. The molecule has 0 radical (unpaired) electrons. The molecule has 0 aromatic carbocycles. The van der Waals surface area contributed by atoms with Crippen molar-refractivity contribution >= 4 is 43.7 Å². The average molecular weight is 297 g/mol. The van der Waals surface area contributed by atoms with Crippen LogP contribution in [0.4, 0.5) is 4.79 Å². The fourth-order valence-electron chi connectivity index (χ4n) is 0.930. The number of nitrogens with zero attached hydrogens (tertiary/aromatic N) is 1. The number of hydrogen-bond acceptors (Lipinski definition) is 8. The van der Waals surface area contributed by atoms with Crippen LogP contribution in [-0.2, 0) is 23.8 Å². The lowest BCUT2D eigenvalue weighted by molar-refractivity contribution is -0.163. The van der Waals surface area contributed by atoms with Gasteiger partial charge < -0.3 is 14.2 Å². The zero-order valence-corrected chi connectivity index (χ0v) is 11.8. The topological polar surface area (TPSA) is 82.1 Å². The van der Waals surface area contributed by atoms with Crippen LogP contribution in [0.3, 0.4) is 0 Å². The van der Waals surface area contributed by atoms with Crippen molar-refractivity contribution in [2.45, 2.75) is 13.8 Å². The predicted molar refractivity (Wildman–Crippen MR) is 67.9 cm³/mol. The maximum absolute atomic E-state index is 11.5. The first-order chi connectivity index (χ1) is 8.43. The molecule has 0 aliphatic rings. The van der Waals surface area contributed by atoms with E-state index in [0.29, 0.717) is 3.71 Å². The Kier molecular flexibility index (Phi) is 8.38. The van der Waals surface area contributed by atoms with Crippen molar-refractivity contribution in [2.75, 3.05) is 19.8 Å². The van der Waals surface area contributed by atoms with Crippen LogP contribution in [0.5, 0.6) is 0 Å². The van der Waals surface area contributed by atoms with E-state index < -0.39 is 30.6 Å². The lowest BCUT2D eigenvalue weighted by Crippen LogP contribution is -2.33. The maximum atomic E-state index is 11.5. The normalized spacial score (nSPS) is 9.83. The zero-order valence-electron chi connectivity index (χ0n) is 9.99. The Labute approximate surface area is 116 Å². The molecule has 18 heavy (non-hydrogen) atoms. The summed E-state index contributed by atoms with van der Waals surface area (Å²) in [5.74, 6) is -2.93. The molecule has 0 heterocycles. The van der Waals surface area contributed by atoms with Gasteiger partial charge in [0.05, 0.1) is 13.2 Å². The highest BCUT2D eigenvalue weighted by Crippen LogP contribution is 2.08. The molecule has 0 aliphatic carbocycles. The Morgan fingerprint density at radius 2 is 1.44 bits per heavy atom. The molecular formula is C9H15NO6S2. The monoisotopic (exact) mass is 297 g/mol. The van der Waals surface area contributed by atoms with E-state index in [0.717, 1.165) is 0 Å². The highest BCUT2D eigenvalue weighted by molar-refractivity contribution is 7.94. The highest BCUT2D eigenvalue weighted by atomic mass is 32.2. The van der Waals surface area contributed by atoms with Gasteiger partial charge in [-0.15, -0.1) is 0 Å². The fourth-order valence-corrected chi connectivity index (χ4v) is 1.05. The van der Waals surface area contributed by atoms with E-state index in [1.807, 2.05) is 0 Å². The van der Waals surface area contributed by atoms with E-state index in [2.05, 4.69) is 39.8 Å². The van der Waals surface area contributed by atoms with Crippen LogP contribution in [-0.4, -0.2) is 41.6 Å². The molecule has 0 aromatic rings. The molecule has 104 valence electrons. The summed E-state index contributed by atoms with van der Waals surface area (Å²) in [6, 6.07) is 0. The molecule has 0 bridgehead atoms. The SMILES string of the molecule is CCOC(=O)C(COC(=O)N(S)S)C(=O)OCC. The summed E-state index contributed by atoms with van der Waals surface area (Å²) < 4.78 is 14.6. The van der Waals surface area contributed by atoms with Gasteiger partial charge in [0.15, 0.2) is 5.92 Å². The molecule has 0 rings (SSSR count). The van der Waals surface area contributed by atoms with Crippen LogP contribution in [0.1, 0.15) is 13.8 Å². The zero-order chi connectivity index (χ0) is 14.1. The summed E-state index contributed by atoms with van der Waals surface area (Å²) in [7, 11) is 0. The van der Waals surface area contributed by atoms with Crippen molar-refractivity contribution in [3.63, 3.8) is 0 Å². The molecule has 0 aromatic heterocycles. The Balaban J connectivity index is 4.52. The van der Waals surface area contributed by atoms with Crippen molar-refractivity contribution in [1.82, 2.24) is 3.71 Å². The Bertz CT molecular complexity index is 291. The maximum Gasteiger partial charge on any atom is 0.429 e. The minimum atomic E-state index is -1.31. The lowest BCUT2D eigenvalue weighted by atomic mass is 10.1. The summed E-state index contributed by atoms with van der Waals surface area (Å²) in [6.45, 7) is 2.90. The van der Waals surface area contributed by atoms with Crippen LogP contribution in [0.2, 0.25) is 0 Å². The quantitative estimate of drug-likeness (QED) is 0.327. The molecular weight excluding hydrogens is 282 g/mol. The highest BCUT2D eigenvalue weighted by Gasteiger charge is 2.31. The molecule has 0 unspecified atom stereocenters. The molecule has 1 amide bonds. The summed E-state index contributed by atoms with van der Waals surface area (Å²) in [5.41, 5.74) is 0. The largest absolute Gasteiger partial charge is 0.465 e. The Morgan fingerprint density at radius 3 is 1.78 bits per heavy atom. The first-order valence-corrected chi connectivity index (χ1v) is 5.91. The van der Waals surface area contributed by atoms with Crippen LogP contribution >= 0.6 is 25.6 Å². The number of amides is 1. The summed E-state index contributed by atoms with van der Waals surface area (Å²) in [4.78, 5) is 34.0. The van der Waals surface area contributed by atoms with Gasteiger partial charge in [-0.05, 0) is 39.5 Å². The summed E-state index contributed by atoms with van der Waals surface area (Å²) in [6.07, 6.45) is -0.916. The smallest absolute Gasteiger partial charge is 0.429 e. The van der Waals surface area contributed by atoms with E-state index in [4.69, 9.17) is 0 Å². The fraction of sp³-hybridized carbons (Fsp3) is 0.667. The average Bonchev–Trinajstić information content (AvgIpc) is 2.29. The lowest BCUT2D eigenvalue weighted by Gasteiger charge is -2.15. The van der Waals surface area contributed by atoms with Crippen LogP contribution in [0.25, 0.3) is 0 Å². The number of rotatable bonds is 6. The number of carbonyl (C=O) groups is 3. The van der Waals surface area contributed by atoms with Crippen molar-refractivity contribution in [3.8, 4) is 0 Å². The van der Waals surface area contributed by atoms with Gasteiger partial charge in [0.2, 0.25) is 0 Å². The third-order valence-electron chi connectivity index (χ3n) is 1.68. The second-order valence-corrected chi connectivity index (χ2v) is 4.04. The molecule has 0 fully saturated rings. The predicted octanol–water partition coefficient (Wildman–Crippen LogP) is 0.857. The van der Waals surface area contributed by atoms with Gasteiger partial charge in [0.1, 0.15) is 6.61 Å². The van der Waals surface area contributed by atoms with Gasteiger partial charge >= 0.3 is 18.0 Å². The van der Waals surface area contributed by atoms with Crippen LogP contribution in [0.15, 0.2) is 0 Å². The van der Waals surface area contributed by atoms with E-state index in [1.54, 1.807) is 13.8 Å². The summed E-state index contributed by atoms with van der Waals surface area (Å²) in [5, 5.41) is 0. The van der Waals surface area contributed by atoms with Gasteiger partial charge in [-0.1, -0.05) is 0 Å². The van der Waals surface area contributed by atoms with Crippen molar-refractivity contribution in [2.24, 2.45) is 5.92 Å². The first kappa shape index (κ1) is 16.9. The molecule has 0 aliphatic heterocycles. The van der Waals surface area contributed by atoms with Crippen molar-refractivity contribution < 1.29 is 28.6 Å². The number of thiol groups is 2. The second kappa shape index (κ2) is 8.92. The third-order valence-corrected chi connectivity index (χ3v) is 2.01. The standard InChI is InChI=1S/C9H15NO6S2/c1-3-14-7(11)6(8(12)15-4-2)5-16-9(13)10(17)18/h6,17-18H,3-5H2,1-2H3. The number of carbonyl (C=O) groups excluding carboxylic acids is 3. The second-order valence-electron chi connectivity index (χ2n) is 2.92. The van der Waals surface area contributed by atoms with Crippen molar-refractivity contribution in [3.05, 3.63) is 0 Å². The van der Waals surface area contributed by atoms with E-state index >= 15 is 0 Å². The van der Waals surface area contributed by atoms with Gasteiger partial charge in [0, 0.05) is 0 Å².